The second kappa shape index (κ2) is 8.95. The molecule has 0 saturated carbocycles. The van der Waals surface area contributed by atoms with Gasteiger partial charge in [-0.05, 0) is 35.9 Å². The highest BCUT2D eigenvalue weighted by Gasteiger charge is 2.46. The molecule has 1 atom stereocenters. The van der Waals surface area contributed by atoms with Gasteiger partial charge in [0.2, 0.25) is 0 Å². The molecule has 3 heterocycles. The Morgan fingerprint density at radius 3 is 2.53 bits per heavy atom. The third-order valence-electron chi connectivity index (χ3n) is 5.42. The third kappa shape index (κ3) is 4.09. The molecule has 156 valence electrons. The topological polar surface area (TPSA) is 83.0 Å². The number of likely N-dealkylation sites (tertiary alicyclic amines) is 1. The van der Waals surface area contributed by atoms with Crippen molar-refractivity contribution in [1.82, 2.24) is 14.8 Å². The van der Waals surface area contributed by atoms with E-state index in [1.165, 1.54) is 4.90 Å². The lowest BCUT2D eigenvalue weighted by atomic mass is 9.96. The Morgan fingerprint density at radius 1 is 1.13 bits per heavy atom. The van der Waals surface area contributed by atoms with Crippen LogP contribution in [-0.4, -0.2) is 71.0 Å². The van der Waals surface area contributed by atoms with Crippen LogP contribution in [0.5, 0.6) is 0 Å². The van der Waals surface area contributed by atoms with Crippen molar-refractivity contribution in [2.24, 2.45) is 0 Å². The number of rotatable bonds is 5. The SMILES string of the molecule is O=C1C(=O)N(CCN2CCOCC2)[C@H](c2cccnc2)/C1=C(\O)c1ccc(Cl)cc1. The molecule has 2 fully saturated rings. The van der Waals surface area contributed by atoms with Crippen LogP contribution in [0.25, 0.3) is 5.76 Å². The van der Waals surface area contributed by atoms with Crippen LogP contribution in [0.3, 0.4) is 0 Å². The van der Waals surface area contributed by atoms with Crippen molar-refractivity contribution < 1.29 is 19.4 Å². The van der Waals surface area contributed by atoms with Gasteiger partial charge in [-0.1, -0.05) is 17.7 Å². The second-order valence-corrected chi connectivity index (χ2v) is 7.68. The van der Waals surface area contributed by atoms with E-state index in [4.69, 9.17) is 16.3 Å². The summed E-state index contributed by atoms with van der Waals surface area (Å²) in [7, 11) is 0. The number of morpholine rings is 1. The number of aliphatic hydroxyl groups excluding tert-OH is 1. The van der Waals surface area contributed by atoms with Gasteiger partial charge in [-0.25, -0.2) is 0 Å². The zero-order valence-electron chi connectivity index (χ0n) is 16.3. The molecule has 1 aromatic heterocycles. The Bertz CT molecular complexity index is 956. The van der Waals surface area contributed by atoms with Gasteiger partial charge in [0.1, 0.15) is 5.76 Å². The number of hydrogen-bond acceptors (Lipinski definition) is 6. The van der Waals surface area contributed by atoms with E-state index in [1.54, 1.807) is 48.8 Å². The second-order valence-electron chi connectivity index (χ2n) is 7.24. The number of carbonyl (C=O) groups excluding carboxylic acids is 2. The summed E-state index contributed by atoms with van der Waals surface area (Å²) in [5, 5.41) is 11.5. The predicted molar refractivity (Wildman–Crippen MR) is 112 cm³/mol. The molecule has 8 heteroatoms. The molecule has 30 heavy (non-hydrogen) atoms. The lowest BCUT2D eigenvalue weighted by Crippen LogP contribution is -2.42. The Hall–Kier alpha value is -2.74. The lowest BCUT2D eigenvalue weighted by Gasteiger charge is -2.30. The normalized spacial score (nSPS) is 21.9. The van der Waals surface area contributed by atoms with Gasteiger partial charge < -0.3 is 14.7 Å². The number of hydrogen-bond donors (Lipinski definition) is 1. The fourth-order valence-electron chi connectivity index (χ4n) is 3.83. The van der Waals surface area contributed by atoms with E-state index < -0.39 is 17.7 Å². The number of halogens is 1. The van der Waals surface area contributed by atoms with Crippen LogP contribution in [0.2, 0.25) is 5.02 Å². The molecule has 7 nitrogen and oxygen atoms in total. The summed E-state index contributed by atoms with van der Waals surface area (Å²) in [5.74, 6) is -1.53. The summed E-state index contributed by atoms with van der Waals surface area (Å²) in [4.78, 5) is 33.7. The monoisotopic (exact) mass is 427 g/mol. The number of aromatic nitrogens is 1. The van der Waals surface area contributed by atoms with Crippen LogP contribution in [0.15, 0.2) is 54.4 Å². The first-order valence-corrected chi connectivity index (χ1v) is 10.2. The minimum atomic E-state index is -0.699. The van der Waals surface area contributed by atoms with Crippen molar-refractivity contribution in [2.75, 3.05) is 39.4 Å². The largest absolute Gasteiger partial charge is 0.507 e. The molecule has 1 N–H and O–H groups in total. The van der Waals surface area contributed by atoms with Crippen LogP contribution < -0.4 is 0 Å². The van der Waals surface area contributed by atoms with Crippen LogP contribution in [0, 0.1) is 0 Å². The maximum atomic E-state index is 12.9. The van der Waals surface area contributed by atoms with Crippen LogP contribution in [0.4, 0.5) is 0 Å². The first kappa shape index (κ1) is 20.5. The fourth-order valence-corrected chi connectivity index (χ4v) is 3.96. The summed E-state index contributed by atoms with van der Waals surface area (Å²) in [5.41, 5.74) is 1.17. The van der Waals surface area contributed by atoms with Crippen molar-refractivity contribution in [2.45, 2.75) is 6.04 Å². The van der Waals surface area contributed by atoms with Crippen molar-refractivity contribution in [3.63, 3.8) is 0 Å². The standard InChI is InChI=1S/C22H22ClN3O4/c23-17-5-3-15(4-6-17)20(27)18-19(16-2-1-7-24-14-16)26(22(29)21(18)28)9-8-25-10-12-30-13-11-25/h1-7,14,19,27H,8-13H2/b20-18+/t19-/m1/s1. The molecule has 2 aliphatic heterocycles. The third-order valence-corrected chi connectivity index (χ3v) is 5.67. The molecule has 0 unspecified atom stereocenters. The van der Waals surface area contributed by atoms with E-state index in [0.717, 1.165) is 13.1 Å². The van der Waals surface area contributed by atoms with E-state index >= 15 is 0 Å². The predicted octanol–water partition coefficient (Wildman–Crippen LogP) is 2.49. The molecule has 2 aliphatic rings. The van der Waals surface area contributed by atoms with Gasteiger partial charge in [-0.3, -0.25) is 19.5 Å². The van der Waals surface area contributed by atoms with Crippen molar-refractivity contribution >= 4 is 29.1 Å². The zero-order valence-corrected chi connectivity index (χ0v) is 17.1. The molecular formula is C22H22ClN3O4. The first-order chi connectivity index (χ1) is 14.6. The number of nitrogens with zero attached hydrogens (tertiary/aromatic N) is 3. The van der Waals surface area contributed by atoms with E-state index in [9.17, 15) is 14.7 Å². The van der Waals surface area contributed by atoms with Crippen molar-refractivity contribution in [1.29, 1.82) is 0 Å². The van der Waals surface area contributed by atoms with Crippen molar-refractivity contribution in [3.8, 4) is 0 Å². The molecule has 0 radical (unpaired) electrons. The van der Waals surface area contributed by atoms with Gasteiger partial charge in [0.05, 0.1) is 24.8 Å². The van der Waals surface area contributed by atoms with E-state index in [2.05, 4.69) is 9.88 Å². The molecule has 2 aromatic rings. The van der Waals surface area contributed by atoms with E-state index in [1.807, 2.05) is 0 Å². The molecule has 0 aliphatic carbocycles. The number of Topliss-reactive ketones (excluding diaryl/α,β-unsaturated/α-hetero) is 1. The van der Waals surface area contributed by atoms with Gasteiger partial charge in [0, 0.05) is 49.2 Å². The minimum absolute atomic E-state index is 0.0669. The van der Waals surface area contributed by atoms with Crippen LogP contribution in [0.1, 0.15) is 17.2 Å². The molecule has 0 bridgehead atoms. The number of aliphatic hydroxyl groups is 1. The van der Waals surface area contributed by atoms with Crippen LogP contribution in [-0.2, 0) is 14.3 Å². The zero-order chi connectivity index (χ0) is 21.1. The highest BCUT2D eigenvalue weighted by molar-refractivity contribution is 6.46. The molecule has 1 amide bonds. The Kier molecular flexibility index (Phi) is 6.13. The number of benzene rings is 1. The molecule has 2 saturated heterocycles. The van der Waals surface area contributed by atoms with Gasteiger partial charge in [0.15, 0.2) is 0 Å². The number of pyridine rings is 1. The maximum absolute atomic E-state index is 12.9. The van der Waals surface area contributed by atoms with Gasteiger partial charge >= 0.3 is 0 Å². The smallest absolute Gasteiger partial charge is 0.295 e. The molecule has 1 aromatic carbocycles. The minimum Gasteiger partial charge on any atom is -0.507 e. The lowest BCUT2D eigenvalue weighted by molar-refractivity contribution is -0.140. The summed E-state index contributed by atoms with van der Waals surface area (Å²) in [6.45, 7) is 3.86. The average molecular weight is 428 g/mol. The highest BCUT2D eigenvalue weighted by atomic mass is 35.5. The quantitative estimate of drug-likeness (QED) is 0.448. The van der Waals surface area contributed by atoms with Crippen LogP contribution >= 0.6 is 11.6 Å². The Morgan fingerprint density at radius 2 is 1.87 bits per heavy atom. The Balaban J connectivity index is 1.71. The van der Waals surface area contributed by atoms with Gasteiger partial charge in [-0.15, -0.1) is 0 Å². The van der Waals surface area contributed by atoms with E-state index in [0.29, 0.717) is 42.5 Å². The fraction of sp³-hybridized carbons (Fsp3) is 0.318. The maximum Gasteiger partial charge on any atom is 0.295 e. The molecule has 0 spiro atoms. The summed E-state index contributed by atoms with van der Waals surface area (Å²) in [6, 6.07) is 9.36. The Labute approximate surface area is 179 Å². The molecular weight excluding hydrogens is 406 g/mol. The highest BCUT2D eigenvalue weighted by Crippen LogP contribution is 2.39. The number of carbonyl (C=O) groups is 2. The van der Waals surface area contributed by atoms with Gasteiger partial charge in [0.25, 0.3) is 11.7 Å². The number of amides is 1. The molecule has 4 rings (SSSR count). The number of ketones is 1. The summed E-state index contributed by atoms with van der Waals surface area (Å²) in [6.07, 6.45) is 3.25. The van der Waals surface area contributed by atoms with Crippen molar-refractivity contribution in [3.05, 3.63) is 70.5 Å². The van der Waals surface area contributed by atoms with E-state index in [-0.39, 0.29) is 11.3 Å². The number of ether oxygens (including phenoxy) is 1. The summed E-state index contributed by atoms with van der Waals surface area (Å²) < 4.78 is 5.37. The average Bonchev–Trinajstić information content (AvgIpc) is 3.04. The summed E-state index contributed by atoms with van der Waals surface area (Å²) >= 11 is 5.94. The first-order valence-electron chi connectivity index (χ1n) is 9.80. The van der Waals surface area contributed by atoms with Gasteiger partial charge in [-0.2, -0.15) is 0 Å².